The first-order chi connectivity index (χ1) is 7.25. The lowest BCUT2D eigenvalue weighted by Crippen LogP contribution is -2.00. The minimum absolute atomic E-state index is 0.0264. The first kappa shape index (κ1) is 11.4. The summed E-state index contributed by atoms with van der Waals surface area (Å²) in [5.74, 6) is 0.249. The molecule has 0 unspecified atom stereocenters. The summed E-state index contributed by atoms with van der Waals surface area (Å²) in [7, 11) is 0. The van der Waals surface area contributed by atoms with Crippen LogP contribution in [-0.2, 0) is 0 Å². The lowest BCUT2D eigenvalue weighted by atomic mass is 10.3. The van der Waals surface area contributed by atoms with E-state index in [1.165, 1.54) is 18.5 Å². The van der Waals surface area contributed by atoms with Crippen molar-refractivity contribution in [3.8, 4) is 5.75 Å². The van der Waals surface area contributed by atoms with Crippen molar-refractivity contribution in [2.24, 2.45) is 0 Å². The summed E-state index contributed by atoms with van der Waals surface area (Å²) >= 11 is 0. The molecule has 0 fully saturated rings. The van der Waals surface area contributed by atoms with Crippen LogP contribution in [0.5, 0.6) is 5.75 Å². The second-order valence-electron chi connectivity index (χ2n) is 3.16. The molecule has 1 rings (SSSR count). The SMILES string of the molecule is CCCCCOc1cnccc1[N+](=O)[O-]. The molecule has 0 saturated heterocycles. The van der Waals surface area contributed by atoms with Crippen molar-refractivity contribution in [1.82, 2.24) is 4.98 Å². The molecule has 1 heterocycles. The van der Waals surface area contributed by atoms with Gasteiger partial charge in [0, 0.05) is 12.3 Å². The van der Waals surface area contributed by atoms with Gasteiger partial charge < -0.3 is 4.74 Å². The molecular weight excluding hydrogens is 196 g/mol. The van der Waals surface area contributed by atoms with Crippen LogP contribution in [0, 0.1) is 10.1 Å². The average Bonchev–Trinajstić information content (AvgIpc) is 2.25. The minimum Gasteiger partial charge on any atom is -0.486 e. The number of hydrogen-bond donors (Lipinski definition) is 0. The van der Waals surface area contributed by atoms with Crippen molar-refractivity contribution in [2.75, 3.05) is 6.61 Å². The highest BCUT2D eigenvalue weighted by Gasteiger charge is 2.13. The zero-order chi connectivity index (χ0) is 11.1. The van der Waals surface area contributed by atoms with Crippen LogP contribution in [0.3, 0.4) is 0 Å². The van der Waals surface area contributed by atoms with Crippen LogP contribution in [0.1, 0.15) is 26.2 Å². The number of aromatic nitrogens is 1. The van der Waals surface area contributed by atoms with E-state index in [4.69, 9.17) is 4.74 Å². The van der Waals surface area contributed by atoms with E-state index in [-0.39, 0.29) is 11.4 Å². The van der Waals surface area contributed by atoms with Crippen molar-refractivity contribution in [3.63, 3.8) is 0 Å². The summed E-state index contributed by atoms with van der Waals surface area (Å²) in [6.45, 7) is 2.59. The maximum Gasteiger partial charge on any atom is 0.314 e. The molecule has 0 aromatic carbocycles. The van der Waals surface area contributed by atoms with E-state index in [0.717, 1.165) is 19.3 Å². The van der Waals surface area contributed by atoms with Crippen LogP contribution in [0.2, 0.25) is 0 Å². The first-order valence-electron chi connectivity index (χ1n) is 4.97. The van der Waals surface area contributed by atoms with Crippen LogP contribution >= 0.6 is 0 Å². The summed E-state index contributed by atoms with van der Waals surface area (Å²) in [6.07, 6.45) is 5.83. The Kier molecular flexibility index (Phi) is 4.53. The molecule has 1 aromatic heterocycles. The zero-order valence-corrected chi connectivity index (χ0v) is 8.68. The Balaban J connectivity index is 2.56. The summed E-state index contributed by atoms with van der Waals surface area (Å²) < 4.78 is 5.30. The molecule has 0 N–H and O–H groups in total. The molecular formula is C10H14N2O3. The van der Waals surface area contributed by atoms with Gasteiger partial charge >= 0.3 is 5.69 Å². The Morgan fingerprint density at radius 2 is 2.33 bits per heavy atom. The number of unbranched alkanes of at least 4 members (excludes halogenated alkanes) is 2. The van der Waals surface area contributed by atoms with Gasteiger partial charge in [0.05, 0.1) is 17.7 Å². The van der Waals surface area contributed by atoms with Gasteiger partial charge in [-0.2, -0.15) is 0 Å². The Morgan fingerprint density at radius 3 is 3.00 bits per heavy atom. The van der Waals surface area contributed by atoms with Gasteiger partial charge in [-0.05, 0) is 6.42 Å². The van der Waals surface area contributed by atoms with Crippen molar-refractivity contribution in [2.45, 2.75) is 26.2 Å². The van der Waals surface area contributed by atoms with Crippen LogP contribution in [-0.4, -0.2) is 16.5 Å². The van der Waals surface area contributed by atoms with Crippen LogP contribution in [0.25, 0.3) is 0 Å². The average molecular weight is 210 g/mol. The predicted molar refractivity (Wildman–Crippen MR) is 55.9 cm³/mol. The Labute approximate surface area is 88.2 Å². The first-order valence-corrected chi connectivity index (χ1v) is 4.97. The molecule has 15 heavy (non-hydrogen) atoms. The maximum atomic E-state index is 10.6. The van der Waals surface area contributed by atoms with Gasteiger partial charge in [-0.3, -0.25) is 15.1 Å². The molecule has 0 aliphatic rings. The van der Waals surface area contributed by atoms with E-state index in [1.54, 1.807) is 0 Å². The van der Waals surface area contributed by atoms with Gasteiger partial charge in [0.2, 0.25) is 5.75 Å². The number of rotatable bonds is 6. The molecule has 0 spiro atoms. The summed E-state index contributed by atoms with van der Waals surface area (Å²) in [5, 5.41) is 10.6. The van der Waals surface area contributed by atoms with Crippen molar-refractivity contribution >= 4 is 5.69 Å². The standard InChI is InChI=1S/C10H14N2O3/c1-2-3-4-7-15-10-8-11-6-5-9(10)12(13)14/h5-6,8H,2-4,7H2,1H3. The normalized spacial score (nSPS) is 9.93. The van der Waals surface area contributed by atoms with Gasteiger partial charge in [-0.25, -0.2) is 0 Å². The zero-order valence-electron chi connectivity index (χ0n) is 8.68. The monoisotopic (exact) mass is 210 g/mol. The highest BCUT2D eigenvalue weighted by Crippen LogP contribution is 2.24. The molecule has 0 aliphatic carbocycles. The lowest BCUT2D eigenvalue weighted by molar-refractivity contribution is -0.386. The lowest BCUT2D eigenvalue weighted by Gasteiger charge is -2.04. The van der Waals surface area contributed by atoms with E-state index >= 15 is 0 Å². The van der Waals surface area contributed by atoms with Gasteiger partial charge in [0.15, 0.2) is 0 Å². The fraction of sp³-hybridized carbons (Fsp3) is 0.500. The fourth-order valence-electron chi connectivity index (χ4n) is 1.17. The second kappa shape index (κ2) is 5.95. The van der Waals surface area contributed by atoms with Crippen LogP contribution in [0.15, 0.2) is 18.5 Å². The molecule has 82 valence electrons. The Bertz CT molecular complexity index is 328. The van der Waals surface area contributed by atoms with Crippen molar-refractivity contribution in [3.05, 3.63) is 28.6 Å². The van der Waals surface area contributed by atoms with Gasteiger partial charge in [-0.1, -0.05) is 19.8 Å². The van der Waals surface area contributed by atoms with Gasteiger partial charge in [-0.15, -0.1) is 0 Å². The molecule has 0 saturated carbocycles. The maximum absolute atomic E-state index is 10.6. The minimum atomic E-state index is -0.461. The van der Waals surface area contributed by atoms with E-state index < -0.39 is 4.92 Å². The van der Waals surface area contributed by atoms with E-state index in [0.29, 0.717) is 6.61 Å². The van der Waals surface area contributed by atoms with Gasteiger partial charge in [0.25, 0.3) is 0 Å². The Hall–Kier alpha value is -1.65. The number of hydrogen-bond acceptors (Lipinski definition) is 4. The third kappa shape index (κ3) is 3.53. The van der Waals surface area contributed by atoms with Crippen LogP contribution in [0.4, 0.5) is 5.69 Å². The number of ether oxygens (including phenoxy) is 1. The molecule has 1 aromatic rings. The molecule has 0 amide bonds. The largest absolute Gasteiger partial charge is 0.486 e. The highest BCUT2D eigenvalue weighted by molar-refractivity contribution is 5.43. The molecule has 0 atom stereocenters. The van der Waals surface area contributed by atoms with Crippen LogP contribution < -0.4 is 4.74 Å². The summed E-state index contributed by atoms with van der Waals surface area (Å²) in [5.41, 5.74) is -0.0264. The summed E-state index contributed by atoms with van der Waals surface area (Å²) in [6, 6.07) is 1.34. The quantitative estimate of drug-likeness (QED) is 0.411. The molecule has 0 radical (unpaired) electrons. The third-order valence-corrected chi connectivity index (χ3v) is 1.96. The number of pyridine rings is 1. The van der Waals surface area contributed by atoms with E-state index in [2.05, 4.69) is 11.9 Å². The predicted octanol–water partition coefficient (Wildman–Crippen LogP) is 2.56. The van der Waals surface area contributed by atoms with Crippen molar-refractivity contribution in [1.29, 1.82) is 0 Å². The number of nitro groups is 1. The van der Waals surface area contributed by atoms with Crippen molar-refractivity contribution < 1.29 is 9.66 Å². The topological polar surface area (TPSA) is 65.3 Å². The second-order valence-corrected chi connectivity index (χ2v) is 3.16. The Morgan fingerprint density at radius 1 is 1.53 bits per heavy atom. The molecule has 5 heteroatoms. The smallest absolute Gasteiger partial charge is 0.314 e. The van der Waals surface area contributed by atoms with Gasteiger partial charge in [0.1, 0.15) is 0 Å². The highest BCUT2D eigenvalue weighted by atomic mass is 16.6. The van der Waals surface area contributed by atoms with E-state index in [9.17, 15) is 10.1 Å². The third-order valence-electron chi connectivity index (χ3n) is 1.96. The molecule has 0 bridgehead atoms. The molecule has 5 nitrogen and oxygen atoms in total. The number of nitrogens with zero attached hydrogens (tertiary/aromatic N) is 2. The summed E-state index contributed by atoms with van der Waals surface area (Å²) in [4.78, 5) is 13.9. The molecule has 0 aliphatic heterocycles. The van der Waals surface area contributed by atoms with E-state index in [1.807, 2.05) is 0 Å². The fourth-order valence-corrected chi connectivity index (χ4v) is 1.17.